The van der Waals surface area contributed by atoms with Crippen LogP contribution in [0, 0.1) is 5.41 Å². The molecule has 0 spiro atoms. The van der Waals surface area contributed by atoms with Crippen molar-refractivity contribution >= 4 is 11.8 Å². The molecular weight excluding hydrogens is 456 g/mol. The Morgan fingerprint density at radius 3 is 1.80 bits per heavy atom. The van der Waals surface area contributed by atoms with Crippen LogP contribution in [0.15, 0.2) is 38.0 Å². The number of aliphatic hydroxyl groups is 1. The van der Waals surface area contributed by atoms with E-state index in [1.807, 2.05) is 0 Å². The first-order valence-electron chi connectivity index (χ1n) is 12.1. The maximum absolute atomic E-state index is 11.2. The summed E-state index contributed by atoms with van der Waals surface area (Å²) in [5.41, 5.74) is -0.336. The average Bonchev–Trinajstić information content (AvgIpc) is 2.88. The number of rotatable bonds is 26. The molecule has 0 bridgehead atoms. The predicted molar refractivity (Wildman–Crippen MR) is 133 cm³/mol. The standard InChI is InChI=1S/C26H44O9/c1-5-23(27)18-30-12-9-14-32-20-26(8-4,22-34-16-11-17-35-25(29)7-3)21-33-15-10-13-31-19-24(28)6-2/h5-7,23,27H,1-3,8-22H2,4H3. The van der Waals surface area contributed by atoms with Crippen molar-refractivity contribution in [1.82, 2.24) is 0 Å². The summed E-state index contributed by atoms with van der Waals surface area (Å²) in [6, 6.07) is 0. The lowest BCUT2D eigenvalue weighted by Gasteiger charge is -2.32. The van der Waals surface area contributed by atoms with Crippen molar-refractivity contribution < 1.29 is 43.1 Å². The summed E-state index contributed by atoms with van der Waals surface area (Å²) in [6.45, 7) is 16.5. The summed E-state index contributed by atoms with van der Waals surface area (Å²) in [7, 11) is 0. The SMILES string of the molecule is C=CC(=O)COCCCOCC(CC)(COCCCOCC(O)C=C)COCCCOC(=O)C=C. The van der Waals surface area contributed by atoms with E-state index < -0.39 is 12.1 Å². The van der Waals surface area contributed by atoms with Crippen molar-refractivity contribution in [1.29, 1.82) is 0 Å². The third-order valence-corrected chi connectivity index (χ3v) is 5.01. The number of esters is 1. The zero-order chi connectivity index (χ0) is 26.2. The van der Waals surface area contributed by atoms with Gasteiger partial charge in [0.25, 0.3) is 0 Å². The number of hydrogen-bond donors (Lipinski definition) is 1. The van der Waals surface area contributed by atoms with Gasteiger partial charge in [-0.15, -0.1) is 6.58 Å². The molecule has 9 nitrogen and oxygen atoms in total. The van der Waals surface area contributed by atoms with E-state index in [1.54, 1.807) is 0 Å². The highest BCUT2D eigenvalue weighted by Gasteiger charge is 2.29. The lowest BCUT2D eigenvalue weighted by atomic mass is 9.88. The van der Waals surface area contributed by atoms with E-state index in [1.165, 1.54) is 12.2 Å². The van der Waals surface area contributed by atoms with Gasteiger partial charge < -0.3 is 33.5 Å². The number of ketones is 1. The first-order chi connectivity index (χ1) is 16.9. The molecule has 202 valence electrons. The normalized spacial score (nSPS) is 13.5. The average molecular weight is 501 g/mol. The second kappa shape index (κ2) is 22.6. The highest BCUT2D eigenvalue weighted by atomic mass is 16.5. The third kappa shape index (κ3) is 19.0. The molecule has 0 aromatic carbocycles. The van der Waals surface area contributed by atoms with Crippen molar-refractivity contribution in [2.45, 2.75) is 38.7 Å². The van der Waals surface area contributed by atoms with Crippen LogP contribution in [0.2, 0.25) is 0 Å². The van der Waals surface area contributed by atoms with E-state index in [-0.39, 0.29) is 31.0 Å². The maximum Gasteiger partial charge on any atom is 0.330 e. The highest BCUT2D eigenvalue weighted by Crippen LogP contribution is 2.24. The van der Waals surface area contributed by atoms with Crippen LogP contribution in [0.25, 0.3) is 0 Å². The molecule has 1 N–H and O–H groups in total. The minimum absolute atomic E-state index is 0.0302. The Kier molecular flexibility index (Phi) is 21.4. The van der Waals surface area contributed by atoms with Crippen LogP contribution in [0.5, 0.6) is 0 Å². The molecule has 0 saturated heterocycles. The quantitative estimate of drug-likeness (QED) is 0.0829. The summed E-state index contributed by atoms with van der Waals surface area (Å²) >= 11 is 0. The number of ether oxygens (including phenoxy) is 6. The Morgan fingerprint density at radius 2 is 1.31 bits per heavy atom. The van der Waals surface area contributed by atoms with Crippen LogP contribution in [0.3, 0.4) is 0 Å². The first-order valence-corrected chi connectivity index (χ1v) is 12.1. The summed E-state index contributed by atoms with van der Waals surface area (Å²) in [4.78, 5) is 22.3. The van der Waals surface area contributed by atoms with Crippen molar-refractivity contribution in [3.63, 3.8) is 0 Å². The molecule has 0 radical (unpaired) electrons. The Labute approximate surface area is 210 Å². The fraction of sp³-hybridized carbons (Fsp3) is 0.692. The largest absolute Gasteiger partial charge is 0.462 e. The van der Waals surface area contributed by atoms with Gasteiger partial charge in [-0.1, -0.05) is 26.2 Å². The van der Waals surface area contributed by atoms with E-state index >= 15 is 0 Å². The highest BCUT2D eigenvalue weighted by molar-refractivity contribution is 5.90. The van der Waals surface area contributed by atoms with E-state index in [2.05, 4.69) is 26.7 Å². The van der Waals surface area contributed by atoms with Crippen molar-refractivity contribution in [3.8, 4) is 0 Å². The molecule has 0 aliphatic carbocycles. The van der Waals surface area contributed by atoms with Crippen molar-refractivity contribution in [2.24, 2.45) is 5.41 Å². The number of carbonyl (C=O) groups is 2. The molecule has 0 aromatic rings. The molecule has 2 unspecified atom stereocenters. The molecule has 0 fully saturated rings. The number of aliphatic hydroxyl groups excluding tert-OH is 1. The molecule has 9 heteroatoms. The third-order valence-electron chi connectivity index (χ3n) is 5.01. The first kappa shape index (κ1) is 33.1. The van der Waals surface area contributed by atoms with E-state index in [0.29, 0.717) is 72.1 Å². The molecule has 0 amide bonds. The van der Waals surface area contributed by atoms with Crippen molar-refractivity contribution in [2.75, 3.05) is 72.7 Å². The van der Waals surface area contributed by atoms with Gasteiger partial charge in [-0.25, -0.2) is 4.79 Å². The maximum atomic E-state index is 11.2. The van der Waals surface area contributed by atoms with Gasteiger partial charge in [-0.05, 0) is 25.3 Å². The zero-order valence-corrected chi connectivity index (χ0v) is 21.3. The molecule has 0 aliphatic heterocycles. The summed E-state index contributed by atoms with van der Waals surface area (Å²) in [5.74, 6) is -0.595. The topological polar surface area (TPSA) is 110 Å². The molecule has 35 heavy (non-hydrogen) atoms. The smallest absolute Gasteiger partial charge is 0.330 e. The molecule has 0 rings (SSSR count). The minimum atomic E-state index is -0.661. The Morgan fingerprint density at radius 1 is 0.800 bits per heavy atom. The summed E-state index contributed by atoms with van der Waals surface area (Å²) in [5, 5.41) is 9.40. The lowest BCUT2D eigenvalue weighted by Crippen LogP contribution is -2.37. The Hall–Kier alpha value is -1.88. The molecular formula is C26H44O9. The zero-order valence-electron chi connectivity index (χ0n) is 21.3. The number of hydrogen-bond acceptors (Lipinski definition) is 9. The van der Waals surface area contributed by atoms with Crippen LogP contribution < -0.4 is 0 Å². The molecule has 0 saturated carbocycles. The fourth-order valence-corrected chi connectivity index (χ4v) is 2.72. The van der Waals surface area contributed by atoms with Gasteiger partial charge in [0.2, 0.25) is 0 Å². The molecule has 2 atom stereocenters. The molecule has 0 aliphatic rings. The fourth-order valence-electron chi connectivity index (χ4n) is 2.72. The monoisotopic (exact) mass is 500 g/mol. The van der Waals surface area contributed by atoms with Crippen LogP contribution in [0.1, 0.15) is 32.6 Å². The predicted octanol–water partition coefficient (Wildman–Crippen LogP) is 2.67. The summed E-state index contributed by atoms with van der Waals surface area (Å²) < 4.78 is 33.3. The molecule has 0 heterocycles. The van der Waals surface area contributed by atoms with Gasteiger partial charge in [-0.2, -0.15) is 0 Å². The van der Waals surface area contributed by atoms with Gasteiger partial charge in [0, 0.05) is 50.9 Å². The van der Waals surface area contributed by atoms with Crippen LogP contribution in [-0.2, 0) is 38.0 Å². The van der Waals surface area contributed by atoms with Gasteiger partial charge in [0.15, 0.2) is 5.78 Å². The second-order valence-corrected chi connectivity index (χ2v) is 8.04. The van der Waals surface area contributed by atoms with Crippen molar-refractivity contribution in [3.05, 3.63) is 38.0 Å². The lowest BCUT2D eigenvalue weighted by molar-refractivity contribution is -0.138. The van der Waals surface area contributed by atoms with Gasteiger partial charge in [-0.3, -0.25) is 4.79 Å². The van der Waals surface area contributed by atoms with Crippen LogP contribution in [0.4, 0.5) is 0 Å². The Balaban J connectivity index is 4.41. The van der Waals surface area contributed by atoms with E-state index in [0.717, 1.165) is 12.5 Å². The van der Waals surface area contributed by atoms with Crippen LogP contribution in [-0.4, -0.2) is 95.6 Å². The number of carbonyl (C=O) groups excluding carboxylic acids is 2. The second-order valence-electron chi connectivity index (χ2n) is 8.04. The van der Waals surface area contributed by atoms with E-state index in [9.17, 15) is 14.7 Å². The van der Waals surface area contributed by atoms with Crippen LogP contribution >= 0.6 is 0 Å². The summed E-state index contributed by atoms with van der Waals surface area (Å²) in [6.07, 6.45) is 5.86. The minimum Gasteiger partial charge on any atom is -0.462 e. The Bertz CT molecular complexity index is 593. The van der Waals surface area contributed by atoms with E-state index in [4.69, 9.17) is 28.4 Å². The van der Waals surface area contributed by atoms with Gasteiger partial charge in [0.05, 0.1) is 39.1 Å². The molecule has 0 aromatic heterocycles. The van der Waals surface area contributed by atoms with Gasteiger partial charge >= 0.3 is 5.97 Å². The van der Waals surface area contributed by atoms with Gasteiger partial charge in [0.1, 0.15) is 6.61 Å².